The Morgan fingerprint density at radius 2 is 2.12 bits per heavy atom. The number of hydrogen-bond donors (Lipinski definition) is 0. The molecule has 1 aromatic carbocycles. The van der Waals surface area contributed by atoms with Crippen molar-refractivity contribution in [3.8, 4) is 0 Å². The van der Waals surface area contributed by atoms with E-state index in [1.165, 1.54) is 25.3 Å². The number of carbonyl (C=O) groups excluding carboxylic acids is 2. The van der Waals surface area contributed by atoms with Crippen molar-refractivity contribution in [2.75, 3.05) is 31.8 Å². The second kappa shape index (κ2) is 5.83. The topological polar surface area (TPSA) is 55.8 Å². The Morgan fingerprint density at radius 1 is 1.36 bits per heavy atom. The average molecular weight is 343 g/mol. The highest BCUT2D eigenvalue weighted by Gasteiger charge is 2.44. The van der Waals surface area contributed by atoms with E-state index in [9.17, 15) is 14.0 Å². The van der Waals surface area contributed by atoms with Crippen molar-refractivity contribution in [1.29, 1.82) is 0 Å². The fraction of sp³-hybridized carbons (Fsp3) is 0.421. The molecule has 0 unspecified atom stereocenters. The Balaban J connectivity index is 1.92. The molecule has 0 atom stereocenters. The number of benzene rings is 1. The zero-order valence-corrected chi connectivity index (χ0v) is 13.9. The predicted molar refractivity (Wildman–Crippen MR) is 89.1 cm³/mol. The van der Waals surface area contributed by atoms with Crippen molar-refractivity contribution in [1.82, 2.24) is 0 Å². The molecule has 0 N–H and O–H groups in total. The maximum absolute atomic E-state index is 14.2. The molecular weight excluding hydrogens is 325 g/mol. The minimum atomic E-state index is -0.516. The van der Waals surface area contributed by atoms with Gasteiger partial charge in [0.2, 0.25) is 0 Å². The van der Waals surface area contributed by atoms with Crippen molar-refractivity contribution in [2.24, 2.45) is 5.41 Å². The summed E-state index contributed by atoms with van der Waals surface area (Å²) in [6.45, 7) is 1.93. The lowest BCUT2D eigenvalue weighted by Gasteiger charge is -2.48. The van der Waals surface area contributed by atoms with Gasteiger partial charge >= 0.3 is 5.97 Å². The highest BCUT2D eigenvalue weighted by atomic mass is 19.1. The van der Waals surface area contributed by atoms with Gasteiger partial charge in [-0.15, -0.1) is 0 Å². The standard InChI is InChI=1S/C19H18FNO4/c1-24-18(23)16-7-13(10-22)15-8-14(20)6-12-9-19(2-4-25-5-3-19)11-21(16)17(12)15/h6-8H,2-5,9,11H2,1H3. The first-order valence-electron chi connectivity index (χ1n) is 8.30. The van der Waals surface area contributed by atoms with Crippen LogP contribution in [0.2, 0.25) is 0 Å². The Morgan fingerprint density at radius 3 is 2.80 bits per heavy atom. The third kappa shape index (κ3) is 2.49. The van der Waals surface area contributed by atoms with Gasteiger partial charge in [0.05, 0.1) is 18.4 Å². The minimum Gasteiger partial charge on any atom is -0.464 e. The monoisotopic (exact) mass is 343 g/mol. The SMILES string of the molecule is COC(=O)C1=CC(=C=O)c2cc(F)cc3c2N1CC1(CCOCC1)C3. The summed E-state index contributed by atoms with van der Waals surface area (Å²) in [5, 5.41) is 0. The van der Waals surface area contributed by atoms with E-state index in [1.807, 2.05) is 10.8 Å². The van der Waals surface area contributed by atoms with E-state index in [-0.39, 0.29) is 16.8 Å². The molecule has 130 valence electrons. The van der Waals surface area contributed by atoms with E-state index in [0.717, 1.165) is 24.1 Å². The average Bonchev–Trinajstić information content (AvgIpc) is 2.61. The van der Waals surface area contributed by atoms with Gasteiger partial charge in [0, 0.05) is 25.3 Å². The molecule has 0 aromatic heterocycles. The molecule has 0 saturated carbocycles. The maximum atomic E-state index is 14.2. The summed E-state index contributed by atoms with van der Waals surface area (Å²) in [6, 6.07) is 2.84. The predicted octanol–water partition coefficient (Wildman–Crippen LogP) is 2.27. The van der Waals surface area contributed by atoms with Crippen LogP contribution in [0.25, 0.3) is 5.57 Å². The maximum Gasteiger partial charge on any atom is 0.354 e. The normalized spacial score (nSPS) is 20.6. The number of carbonyl (C=O) groups is 1. The molecule has 6 heteroatoms. The number of esters is 1. The Labute approximate surface area is 144 Å². The molecule has 1 aromatic rings. The summed E-state index contributed by atoms with van der Waals surface area (Å²) < 4.78 is 24.6. The van der Waals surface area contributed by atoms with Crippen LogP contribution in [-0.4, -0.2) is 38.8 Å². The van der Waals surface area contributed by atoms with Gasteiger partial charge in [-0.2, -0.15) is 0 Å². The van der Waals surface area contributed by atoms with Crippen LogP contribution in [0.1, 0.15) is 24.0 Å². The van der Waals surface area contributed by atoms with Crippen molar-refractivity contribution in [3.05, 3.63) is 40.8 Å². The van der Waals surface area contributed by atoms with Gasteiger partial charge < -0.3 is 14.4 Å². The fourth-order valence-electron chi connectivity index (χ4n) is 4.18. The largest absolute Gasteiger partial charge is 0.464 e. The van der Waals surface area contributed by atoms with Gasteiger partial charge in [0.25, 0.3) is 0 Å². The van der Waals surface area contributed by atoms with Crippen LogP contribution in [-0.2, 0) is 25.5 Å². The Hall–Kier alpha value is -2.43. The number of nitrogens with zero attached hydrogens (tertiary/aromatic N) is 1. The van der Waals surface area contributed by atoms with Crippen LogP contribution < -0.4 is 4.90 Å². The molecule has 0 amide bonds. The van der Waals surface area contributed by atoms with E-state index in [0.29, 0.717) is 37.4 Å². The highest BCUT2D eigenvalue weighted by molar-refractivity contribution is 6.07. The summed E-state index contributed by atoms with van der Waals surface area (Å²) in [7, 11) is 1.31. The van der Waals surface area contributed by atoms with Crippen LogP contribution in [0.4, 0.5) is 10.1 Å². The molecule has 3 heterocycles. The van der Waals surface area contributed by atoms with Crippen LogP contribution >= 0.6 is 0 Å². The van der Waals surface area contributed by atoms with Crippen molar-refractivity contribution < 1.29 is 23.5 Å². The lowest BCUT2D eigenvalue weighted by atomic mass is 9.70. The van der Waals surface area contributed by atoms with Crippen molar-refractivity contribution in [3.63, 3.8) is 0 Å². The summed E-state index contributed by atoms with van der Waals surface area (Å²) in [4.78, 5) is 25.6. The molecular formula is C19H18FNO4. The lowest BCUT2D eigenvalue weighted by molar-refractivity contribution is -0.136. The number of ether oxygens (including phenoxy) is 2. The van der Waals surface area contributed by atoms with Gasteiger partial charge in [-0.1, -0.05) is 0 Å². The third-order valence-electron chi connectivity index (χ3n) is 5.40. The molecule has 1 spiro atoms. The number of halogens is 1. The van der Waals surface area contributed by atoms with Gasteiger partial charge in [0.1, 0.15) is 17.5 Å². The minimum absolute atomic E-state index is 0.0776. The summed E-state index contributed by atoms with van der Waals surface area (Å²) in [6.07, 6.45) is 3.84. The smallest absolute Gasteiger partial charge is 0.354 e. The number of rotatable bonds is 1. The first-order valence-corrected chi connectivity index (χ1v) is 8.30. The van der Waals surface area contributed by atoms with E-state index in [4.69, 9.17) is 9.47 Å². The molecule has 1 saturated heterocycles. The van der Waals surface area contributed by atoms with Crippen LogP contribution in [0.5, 0.6) is 0 Å². The molecule has 3 aliphatic rings. The van der Waals surface area contributed by atoms with Crippen LogP contribution in [0, 0.1) is 11.2 Å². The number of anilines is 1. The Bertz CT molecular complexity index is 832. The van der Waals surface area contributed by atoms with Crippen LogP contribution in [0.15, 0.2) is 23.9 Å². The number of allylic oxidation sites excluding steroid dienone is 2. The van der Waals surface area contributed by atoms with Crippen molar-refractivity contribution in [2.45, 2.75) is 19.3 Å². The molecule has 0 aliphatic carbocycles. The summed E-state index contributed by atoms with van der Waals surface area (Å²) >= 11 is 0. The fourth-order valence-corrected chi connectivity index (χ4v) is 4.18. The Kier molecular flexibility index (Phi) is 3.74. The zero-order chi connectivity index (χ0) is 17.6. The van der Waals surface area contributed by atoms with Gasteiger partial charge in [-0.3, -0.25) is 0 Å². The highest BCUT2D eigenvalue weighted by Crippen LogP contribution is 2.49. The third-order valence-corrected chi connectivity index (χ3v) is 5.40. The van der Waals surface area contributed by atoms with E-state index in [2.05, 4.69) is 0 Å². The van der Waals surface area contributed by atoms with Gasteiger partial charge in [-0.25, -0.2) is 14.0 Å². The summed E-state index contributed by atoms with van der Waals surface area (Å²) in [5.74, 6) is 0.928. The van der Waals surface area contributed by atoms with E-state index < -0.39 is 5.97 Å². The quantitative estimate of drug-likeness (QED) is 0.578. The molecule has 1 fully saturated rings. The first kappa shape index (κ1) is 16.1. The molecule has 3 aliphatic heterocycles. The molecule has 0 bridgehead atoms. The second-order valence-corrected chi connectivity index (χ2v) is 6.87. The molecule has 25 heavy (non-hydrogen) atoms. The molecule has 5 nitrogen and oxygen atoms in total. The van der Waals surface area contributed by atoms with Gasteiger partial charge in [0.15, 0.2) is 0 Å². The first-order chi connectivity index (χ1) is 12.1. The molecule has 4 rings (SSSR count). The molecule has 0 radical (unpaired) electrons. The van der Waals surface area contributed by atoms with E-state index >= 15 is 0 Å². The zero-order valence-electron chi connectivity index (χ0n) is 13.9. The van der Waals surface area contributed by atoms with Crippen LogP contribution in [0.3, 0.4) is 0 Å². The van der Waals surface area contributed by atoms with Crippen molar-refractivity contribution >= 4 is 23.2 Å². The van der Waals surface area contributed by atoms with E-state index in [1.54, 1.807) is 0 Å². The second-order valence-electron chi connectivity index (χ2n) is 6.87. The summed E-state index contributed by atoms with van der Waals surface area (Å²) in [5.41, 5.74) is 2.41. The lowest BCUT2D eigenvalue weighted by Crippen LogP contribution is -2.48. The van der Waals surface area contributed by atoms with Gasteiger partial charge in [-0.05, 0) is 48.4 Å². The number of methoxy groups -OCH3 is 1. The number of hydrogen-bond acceptors (Lipinski definition) is 5.